The van der Waals surface area contributed by atoms with Crippen molar-refractivity contribution in [3.8, 4) is 0 Å². The maximum Gasteiger partial charge on any atom is 0.240 e. The molecule has 0 bridgehead atoms. The van der Waals surface area contributed by atoms with Gasteiger partial charge in [-0.1, -0.05) is 39.2 Å². The van der Waals surface area contributed by atoms with Crippen molar-refractivity contribution in [1.82, 2.24) is 5.32 Å². The number of hydrogen-bond acceptors (Lipinski definition) is 3. The molecule has 25 heavy (non-hydrogen) atoms. The van der Waals surface area contributed by atoms with Crippen LogP contribution >= 0.6 is 0 Å². The van der Waals surface area contributed by atoms with Crippen molar-refractivity contribution < 1.29 is 13.2 Å². The molecule has 1 N–H and O–H groups in total. The van der Waals surface area contributed by atoms with Crippen LogP contribution in [0.15, 0.2) is 18.2 Å². The molecule has 0 saturated heterocycles. The number of amides is 1. The molecule has 1 aromatic rings. The fourth-order valence-electron chi connectivity index (χ4n) is 2.88. The number of hydrogen-bond donors (Lipinski definition) is 1. The van der Waals surface area contributed by atoms with E-state index in [4.69, 9.17) is 0 Å². The van der Waals surface area contributed by atoms with Crippen LogP contribution in [0, 0.1) is 19.8 Å². The molecule has 0 heterocycles. The molecular weight excluding hydrogens is 336 g/mol. The van der Waals surface area contributed by atoms with Gasteiger partial charge in [-0.05, 0) is 49.4 Å². The fourth-order valence-corrected chi connectivity index (χ4v) is 3.72. The quantitative estimate of drug-likeness (QED) is 0.688. The maximum atomic E-state index is 12.3. The molecule has 0 saturated carbocycles. The Morgan fingerprint density at radius 1 is 1.16 bits per heavy atom. The molecule has 142 valence electrons. The van der Waals surface area contributed by atoms with Crippen molar-refractivity contribution in [3.63, 3.8) is 0 Å². The number of rotatable bonds is 10. The topological polar surface area (TPSA) is 66.5 Å². The smallest absolute Gasteiger partial charge is 0.240 e. The van der Waals surface area contributed by atoms with Gasteiger partial charge in [0.25, 0.3) is 0 Å². The van der Waals surface area contributed by atoms with E-state index in [1.54, 1.807) is 12.1 Å². The van der Waals surface area contributed by atoms with Gasteiger partial charge in [-0.2, -0.15) is 0 Å². The summed E-state index contributed by atoms with van der Waals surface area (Å²) in [6.45, 7) is 8.50. The van der Waals surface area contributed by atoms with E-state index in [1.807, 2.05) is 19.9 Å². The van der Waals surface area contributed by atoms with E-state index in [1.165, 1.54) is 4.31 Å². The van der Waals surface area contributed by atoms with Crippen molar-refractivity contribution >= 4 is 21.6 Å². The minimum Gasteiger partial charge on any atom is -0.354 e. The molecule has 1 amide bonds. The van der Waals surface area contributed by atoms with Crippen LogP contribution in [0.5, 0.6) is 0 Å². The number of sulfonamides is 1. The van der Waals surface area contributed by atoms with Crippen LogP contribution in [0.4, 0.5) is 5.69 Å². The normalized spacial score (nSPS) is 12.7. The van der Waals surface area contributed by atoms with Crippen LogP contribution in [0.3, 0.4) is 0 Å². The van der Waals surface area contributed by atoms with E-state index in [0.29, 0.717) is 18.2 Å². The Morgan fingerprint density at radius 2 is 1.76 bits per heavy atom. The zero-order valence-corrected chi connectivity index (χ0v) is 16.9. The standard InChI is InChI=1S/C19H32N2O3S/c1-6-8-9-17(7-2)13-20-19(22)14-21(25(5,23)24)18-11-15(3)10-16(4)12-18/h10-12,17H,6-9,13-14H2,1-5H3,(H,20,22)/t17-/m0/s1. The molecule has 0 aliphatic carbocycles. The highest BCUT2D eigenvalue weighted by molar-refractivity contribution is 7.92. The van der Waals surface area contributed by atoms with Crippen LogP contribution in [-0.2, 0) is 14.8 Å². The largest absolute Gasteiger partial charge is 0.354 e. The third-order valence-corrected chi connectivity index (χ3v) is 5.45. The second-order valence-corrected chi connectivity index (χ2v) is 8.74. The molecule has 0 aromatic heterocycles. The van der Waals surface area contributed by atoms with Gasteiger partial charge in [0.05, 0.1) is 11.9 Å². The van der Waals surface area contributed by atoms with Crippen LogP contribution in [0.2, 0.25) is 0 Å². The van der Waals surface area contributed by atoms with Crippen molar-refractivity contribution in [2.45, 2.75) is 53.4 Å². The SMILES string of the molecule is CCCC[C@H](CC)CNC(=O)CN(c1cc(C)cc(C)c1)S(C)(=O)=O. The van der Waals surface area contributed by atoms with Crippen LogP contribution < -0.4 is 9.62 Å². The molecular formula is C19H32N2O3S. The van der Waals surface area contributed by atoms with E-state index in [-0.39, 0.29) is 12.5 Å². The monoisotopic (exact) mass is 368 g/mol. The summed E-state index contributed by atoms with van der Waals surface area (Å²) in [5.41, 5.74) is 2.47. The maximum absolute atomic E-state index is 12.3. The summed E-state index contributed by atoms with van der Waals surface area (Å²) in [7, 11) is -3.53. The van der Waals surface area contributed by atoms with Gasteiger partial charge in [-0.25, -0.2) is 8.42 Å². The summed E-state index contributed by atoms with van der Waals surface area (Å²) in [6, 6.07) is 5.55. The molecule has 0 fully saturated rings. The molecule has 0 unspecified atom stereocenters. The summed E-state index contributed by atoms with van der Waals surface area (Å²) < 4.78 is 25.5. The zero-order valence-electron chi connectivity index (χ0n) is 16.1. The molecule has 1 aromatic carbocycles. The van der Waals surface area contributed by atoms with Crippen LogP contribution in [0.1, 0.15) is 50.7 Å². The Balaban J connectivity index is 2.81. The summed E-state index contributed by atoms with van der Waals surface area (Å²) in [6.07, 6.45) is 5.51. The number of nitrogens with one attached hydrogen (secondary N) is 1. The number of unbranched alkanes of at least 4 members (excludes halogenated alkanes) is 1. The summed E-state index contributed by atoms with van der Waals surface area (Å²) in [5.74, 6) is 0.177. The van der Waals surface area contributed by atoms with E-state index in [0.717, 1.165) is 43.1 Å². The van der Waals surface area contributed by atoms with Gasteiger partial charge >= 0.3 is 0 Å². The molecule has 6 heteroatoms. The average molecular weight is 369 g/mol. The number of aryl methyl sites for hydroxylation is 2. The molecule has 1 rings (SSSR count). The Kier molecular flexibility index (Phi) is 8.42. The highest BCUT2D eigenvalue weighted by atomic mass is 32.2. The average Bonchev–Trinajstić information content (AvgIpc) is 2.50. The highest BCUT2D eigenvalue weighted by Crippen LogP contribution is 2.21. The van der Waals surface area contributed by atoms with E-state index in [2.05, 4.69) is 19.2 Å². The minimum atomic E-state index is -3.53. The van der Waals surface area contributed by atoms with Crippen molar-refractivity contribution in [2.24, 2.45) is 5.92 Å². The third-order valence-electron chi connectivity index (χ3n) is 4.31. The van der Waals surface area contributed by atoms with Gasteiger partial charge in [0.1, 0.15) is 6.54 Å². The third kappa shape index (κ3) is 7.46. The van der Waals surface area contributed by atoms with E-state index >= 15 is 0 Å². The first-order valence-corrected chi connectivity index (χ1v) is 10.8. The molecule has 0 aliphatic heterocycles. The highest BCUT2D eigenvalue weighted by Gasteiger charge is 2.21. The van der Waals surface area contributed by atoms with Crippen molar-refractivity contribution in [1.29, 1.82) is 0 Å². The lowest BCUT2D eigenvalue weighted by atomic mass is 9.99. The Morgan fingerprint density at radius 3 is 2.24 bits per heavy atom. The van der Waals surface area contributed by atoms with Gasteiger partial charge in [0.15, 0.2) is 0 Å². The first-order chi connectivity index (χ1) is 11.7. The van der Waals surface area contributed by atoms with Gasteiger partial charge in [0, 0.05) is 6.54 Å². The van der Waals surface area contributed by atoms with Gasteiger partial charge in [-0.15, -0.1) is 0 Å². The van der Waals surface area contributed by atoms with E-state index < -0.39 is 10.0 Å². The number of anilines is 1. The Hall–Kier alpha value is -1.56. The molecule has 5 nitrogen and oxygen atoms in total. The number of carbonyl (C=O) groups excluding carboxylic acids is 1. The molecule has 1 atom stereocenters. The van der Waals surface area contributed by atoms with Crippen molar-refractivity contribution in [3.05, 3.63) is 29.3 Å². The lowest BCUT2D eigenvalue weighted by molar-refractivity contribution is -0.119. The second kappa shape index (κ2) is 9.80. The first kappa shape index (κ1) is 21.5. The van der Waals surface area contributed by atoms with Gasteiger partial charge in [0.2, 0.25) is 15.9 Å². The lowest BCUT2D eigenvalue weighted by Crippen LogP contribution is -2.41. The minimum absolute atomic E-state index is 0.189. The molecule has 0 aliphatic rings. The predicted molar refractivity (Wildman–Crippen MR) is 104 cm³/mol. The fraction of sp³-hybridized carbons (Fsp3) is 0.632. The second-order valence-electron chi connectivity index (χ2n) is 6.84. The number of carbonyl (C=O) groups is 1. The lowest BCUT2D eigenvalue weighted by Gasteiger charge is -2.23. The summed E-state index contributed by atoms with van der Waals surface area (Å²) in [4.78, 5) is 12.3. The predicted octanol–water partition coefficient (Wildman–Crippen LogP) is 3.40. The molecule has 0 spiro atoms. The molecule has 0 radical (unpaired) electrons. The van der Waals surface area contributed by atoms with Crippen molar-refractivity contribution in [2.75, 3.05) is 23.7 Å². The van der Waals surface area contributed by atoms with E-state index in [9.17, 15) is 13.2 Å². The van der Waals surface area contributed by atoms with Crippen LogP contribution in [-0.4, -0.2) is 33.7 Å². The summed E-state index contributed by atoms with van der Waals surface area (Å²) >= 11 is 0. The summed E-state index contributed by atoms with van der Waals surface area (Å²) in [5, 5.41) is 2.90. The Labute approximate surface area is 152 Å². The number of nitrogens with zero attached hydrogens (tertiary/aromatic N) is 1. The van der Waals surface area contributed by atoms with Crippen LogP contribution in [0.25, 0.3) is 0 Å². The zero-order chi connectivity index (χ0) is 19.0. The van der Waals surface area contributed by atoms with Gasteiger partial charge in [-0.3, -0.25) is 9.10 Å². The first-order valence-electron chi connectivity index (χ1n) is 9.00. The van der Waals surface area contributed by atoms with Gasteiger partial charge < -0.3 is 5.32 Å². The Bertz CT molecular complexity index is 651. The number of benzene rings is 1.